The van der Waals surface area contributed by atoms with Gasteiger partial charge in [-0.05, 0) is 46.2 Å². The molecule has 1 heterocycles. The first-order valence-electron chi connectivity index (χ1n) is 6.74. The third kappa shape index (κ3) is 4.64. The predicted molar refractivity (Wildman–Crippen MR) is 76.6 cm³/mol. The van der Waals surface area contributed by atoms with Gasteiger partial charge in [0.15, 0.2) is 0 Å². The summed E-state index contributed by atoms with van der Waals surface area (Å²) in [5.74, 6) is -0.902. The fourth-order valence-electron chi connectivity index (χ4n) is 1.48. The Bertz CT molecular complexity index is 492. The first kappa shape index (κ1) is 16.1. The van der Waals surface area contributed by atoms with E-state index in [9.17, 15) is 9.59 Å². The second-order valence-corrected chi connectivity index (χ2v) is 5.68. The van der Waals surface area contributed by atoms with Crippen LogP contribution in [0.4, 0.5) is 0 Å². The van der Waals surface area contributed by atoms with Gasteiger partial charge in [-0.2, -0.15) is 0 Å². The molecule has 1 atom stereocenters. The quantitative estimate of drug-likeness (QED) is 0.859. The monoisotopic (exact) mass is 278 g/mol. The van der Waals surface area contributed by atoms with Crippen molar-refractivity contribution in [2.45, 2.75) is 52.7 Å². The third-order valence-corrected chi connectivity index (χ3v) is 2.63. The Kier molecular flexibility index (Phi) is 5.25. The van der Waals surface area contributed by atoms with Crippen LogP contribution in [0.2, 0.25) is 0 Å². The van der Waals surface area contributed by atoms with Crippen LogP contribution in [-0.2, 0) is 4.74 Å². The molecule has 1 N–H and O–H groups in total. The molecular formula is C15H22N2O3. The Balaban J connectivity index is 2.99. The Labute approximate surface area is 119 Å². The van der Waals surface area contributed by atoms with Crippen molar-refractivity contribution in [3.63, 3.8) is 0 Å². The Morgan fingerprint density at radius 3 is 2.60 bits per heavy atom. The zero-order valence-electron chi connectivity index (χ0n) is 12.7. The lowest BCUT2D eigenvalue weighted by molar-refractivity contribution is 0.00669. The molecule has 1 aromatic heterocycles. The molecule has 1 amide bonds. The number of pyridine rings is 1. The van der Waals surface area contributed by atoms with Gasteiger partial charge in [0.2, 0.25) is 0 Å². The van der Waals surface area contributed by atoms with Crippen molar-refractivity contribution in [2.75, 3.05) is 0 Å². The molecule has 0 spiro atoms. The largest absolute Gasteiger partial charge is 0.456 e. The molecule has 0 aliphatic rings. The number of hydrogen-bond acceptors (Lipinski definition) is 4. The molecule has 0 aliphatic carbocycles. The summed E-state index contributed by atoms with van der Waals surface area (Å²) in [6.45, 7) is 9.20. The molecule has 0 radical (unpaired) electrons. The lowest BCUT2D eigenvalue weighted by Crippen LogP contribution is -2.34. The number of aromatic nitrogens is 1. The SMILES string of the molecule is CCC(C)NC(=O)c1ncccc1C(=O)OC(C)(C)C. The summed E-state index contributed by atoms with van der Waals surface area (Å²) >= 11 is 0. The Hall–Kier alpha value is -1.91. The first-order valence-corrected chi connectivity index (χ1v) is 6.74. The minimum Gasteiger partial charge on any atom is -0.456 e. The topological polar surface area (TPSA) is 68.3 Å². The number of ether oxygens (including phenoxy) is 1. The maximum Gasteiger partial charge on any atom is 0.341 e. The number of nitrogens with one attached hydrogen (secondary N) is 1. The minimum atomic E-state index is -0.614. The molecule has 0 aromatic carbocycles. The van der Waals surface area contributed by atoms with Crippen molar-refractivity contribution in [3.05, 3.63) is 29.6 Å². The summed E-state index contributed by atoms with van der Waals surface area (Å²) in [5, 5.41) is 2.79. The van der Waals surface area contributed by atoms with Gasteiger partial charge in [0.05, 0.1) is 5.56 Å². The Morgan fingerprint density at radius 1 is 1.40 bits per heavy atom. The Morgan fingerprint density at radius 2 is 2.05 bits per heavy atom. The molecule has 1 aromatic rings. The van der Waals surface area contributed by atoms with Crippen LogP contribution in [-0.4, -0.2) is 28.5 Å². The molecule has 20 heavy (non-hydrogen) atoms. The van der Waals surface area contributed by atoms with E-state index in [1.807, 2.05) is 13.8 Å². The second-order valence-electron chi connectivity index (χ2n) is 5.68. The van der Waals surface area contributed by atoms with Gasteiger partial charge >= 0.3 is 5.97 Å². The van der Waals surface area contributed by atoms with Gasteiger partial charge in [0, 0.05) is 12.2 Å². The zero-order valence-corrected chi connectivity index (χ0v) is 12.7. The zero-order chi connectivity index (χ0) is 15.3. The van der Waals surface area contributed by atoms with Crippen molar-refractivity contribution in [3.8, 4) is 0 Å². The van der Waals surface area contributed by atoms with Gasteiger partial charge in [-0.25, -0.2) is 4.79 Å². The van der Waals surface area contributed by atoms with Crippen molar-refractivity contribution >= 4 is 11.9 Å². The summed E-state index contributed by atoms with van der Waals surface area (Å²) in [6.07, 6.45) is 2.29. The van der Waals surface area contributed by atoms with Gasteiger partial charge < -0.3 is 10.1 Å². The second kappa shape index (κ2) is 6.50. The summed E-state index contributed by atoms with van der Waals surface area (Å²) in [6, 6.07) is 3.18. The molecular weight excluding hydrogens is 256 g/mol. The van der Waals surface area contributed by atoms with Gasteiger partial charge in [-0.1, -0.05) is 6.92 Å². The van der Waals surface area contributed by atoms with E-state index in [1.165, 1.54) is 6.20 Å². The van der Waals surface area contributed by atoms with Crippen molar-refractivity contribution in [1.82, 2.24) is 10.3 Å². The summed E-state index contributed by atoms with van der Waals surface area (Å²) in [4.78, 5) is 28.2. The first-order chi connectivity index (χ1) is 9.24. The number of amides is 1. The average molecular weight is 278 g/mol. The number of carbonyl (C=O) groups is 2. The summed E-state index contributed by atoms with van der Waals surface area (Å²) in [5.41, 5.74) is -0.331. The molecule has 0 fully saturated rings. The van der Waals surface area contributed by atoms with E-state index in [2.05, 4.69) is 10.3 Å². The van der Waals surface area contributed by atoms with E-state index in [0.29, 0.717) is 0 Å². The molecule has 0 aliphatic heterocycles. The van der Waals surface area contributed by atoms with Crippen molar-refractivity contribution in [2.24, 2.45) is 0 Å². The molecule has 0 bridgehead atoms. The van der Waals surface area contributed by atoms with E-state index in [4.69, 9.17) is 4.74 Å². The molecule has 1 unspecified atom stereocenters. The van der Waals surface area contributed by atoms with E-state index in [-0.39, 0.29) is 23.2 Å². The molecule has 1 rings (SSSR count). The van der Waals surface area contributed by atoms with Crippen molar-refractivity contribution < 1.29 is 14.3 Å². The molecule has 5 nitrogen and oxygen atoms in total. The lowest BCUT2D eigenvalue weighted by Gasteiger charge is -2.20. The van der Waals surface area contributed by atoms with Crippen LogP contribution in [0.5, 0.6) is 0 Å². The van der Waals surface area contributed by atoms with Crippen molar-refractivity contribution in [1.29, 1.82) is 0 Å². The normalized spacial score (nSPS) is 12.7. The summed E-state index contributed by atoms with van der Waals surface area (Å²) < 4.78 is 5.29. The van der Waals surface area contributed by atoms with E-state index in [1.54, 1.807) is 32.9 Å². The van der Waals surface area contributed by atoms with Gasteiger partial charge in [-0.3, -0.25) is 9.78 Å². The number of esters is 1. The maximum atomic E-state index is 12.1. The van der Waals surface area contributed by atoms with Crippen LogP contribution < -0.4 is 5.32 Å². The highest BCUT2D eigenvalue weighted by atomic mass is 16.6. The number of rotatable bonds is 4. The lowest BCUT2D eigenvalue weighted by atomic mass is 10.1. The smallest absolute Gasteiger partial charge is 0.341 e. The minimum absolute atomic E-state index is 0.0241. The van der Waals surface area contributed by atoms with Crippen LogP contribution in [0.25, 0.3) is 0 Å². The van der Waals surface area contributed by atoms with Gasteiger partial charge in [0.1, 0.15) is 11.3 Å². The van der Waals surface area contributed by atoms with Gasteiger partial charge in [0.25, 0.3) is 5.91 Å². The molecule has 0 saturated carbocycles. The highest BCUT2D eigenvalue weighted by molar-refractivity contribution is 6.04. The van der Waals surface area contributed by atoms with Crippen LogP contribution in [0.3, 0.4) is 0 Å². The fraction of sp³-hybridized carbons (Fsp3) is 0.533. The number of nitrogens with zero attached hydrogens (tertiary/aromatic N) is 1. The number of carbonyl (C=O) groups excluding carboxylic acids is 2. The number of hydrogen-bond donors (Lipinski definition) is 1. The average Bonchev–Trinajstić information content (AvgIpc) is 2.36. The predicted octanol–water partition coefficient (Wildman–Crippen LogP) is 2.57. The fourth-order valence-corrected chi connectivity index (χ4v) is 1.48. The highest BCUT2D eigenvalue weighted by Crippen LogP contribution is 2.14. The van der Waals surface area contributed by atoms with Crippen LogP contribution in [0, 0.1) is 0 Å². The third-order valence-electron chi connectivity index (χ3n) is 2.63. The standard InChI is InChI=1S/C15H22N2O3/c1-6-10(2)17-13(18)12-11(8-7-9-16-12)14(19)20-15(3,4)5/h7-10H,6H2,1-5H3,(H,17,18). The van der Waals surface area contributed by atoms with Crippen LogP contribution in [0.15, 0.2) is 18.3 Å². The molecule has 0 saturated heterocycles. The van der Waals surface area contributed by atoms with Crippen LogP contribution in [0.1, 0.15) is 61.9 Å². The summed E-state index contributed by atoms with van der Waals surface area (Å²) in [7, 11) is 0. The highest BCUT2D eigenvalue weighted by Gasteiger charge is 2.24. The molecule has 110 valence electrons. The molecule has 5 heteroatoms. The van der Waals surface area contributed by atoms with Crippen LogP contribution >= 0.6 is 0 Å². The van der Waals surface area contributed by atoms with E-state index < -0.39 is 11.6 Å². The van der Waals surface area contributed by atoms with E-state index in [0.717, 1.165) is 6.42 Å². The van der Waals surface area contributed by atoms with E-state index >= 15 is 0 Å². The maximum absolute atomic E-state index is 12.1. The van der Waals surface area contributed by atoms with Gasteiger partial charge in [-0.15, -0.1) is 0 Å².